The van der Waals surface area contributed by atoms with Gasteiger partial charge in [0.25, 0.3) is 11.8 Å². The molecule has 0 unspecified atom stereocenters. The van der Waals surface area contributed by atoms with E-state index in [0.29, 0.717) is 60.6 Å². The zero-order chi connectivity index (χ0) is 25.0. The Hall–Kier alpha value is -3.81. The first-order valence-corrected chi connectivity index (χ1v) is 11.3. The molecule has 0 saturated carbocycles. The lowest BCUT2D eigenvalue weighted by molar-refractivity contribution is -0.137. The highest BCUT2D eigenvalue weighted by atomic mass is 19.4. The van der Waals surface area contributed by atoms with Gasteiger partial charge in [0.15, 0.2) is 0 Å². The molecule has 0 aliphatic carbocycles. The Kier molecular flexibility index (Phi) is 7.10. The van der Waals surface area contributed by atoms with E-state index in [1.165, 1.54) is 19.2 Å². The van der Waals surface area contributed by atoms with Crippen molar-refractivity contribution in [2.75, 3.05) is 33.3 Å². The lowest BCUT2D eigenvalue weighted by atomic mass is 9.97. The summed E-state index contributed by atoms with van der Waals surface area (Å²) in [5.41, 5.74) is 1.25. The van der Waals surface area contributed by atoms with Crippen molar-refractivity contribution in [1.29, 1.82) is 0 Å². The monoisotopic (exact) mass is 482 g/mol. The van der Waals surface area contributed by atoms with E-state index in [4.69, 9.17) is 4.74 Å². The van der Waals surface area contributed by atoms with E-state index in [-0.39, 0.29) is 11.8 Å². The molecule has 0 radical (unpaired) electrons. The molecule has 1 fully saturated rings. The van der Waals surface area contributed by atoms with Gasteiger partial charge in [0, 0.05) is 31.7 Å². The minimum Gasteiger partial charge on any atom is -0.496 e. The van der Waals surface area contributed by atoms with Gasteiger partial charge in [-0.25, -0.2) is 0 Å². The average Bonchev–Trinajstić information content (AvgIpc) is 3.14. The maximum Gasteiger partial charge on any atom is 0.416 e. The number of para-hydroxylation sites is 1. The second-order valence-corrected chi connectivity index (χ2v) is 8.26. The fraction of sp³-hybridized carbons (Fsp3) is 0.259. The van der Waals surface area contributed by atoms with Crippen molar-refractivity contribution < 1.29 is 27.5 Å². The molecule has 1 saturated heterocycles. The first-order valence-electron chi connectivity index (χ1n) is 11.3. The van der Waals surface area contributed by atoms with Crippen molar-refractivity contribution in [2.24, 2.45) is 0 Å². The highest BCUT2D eigenvalue weighted by molar-refractivity contribution is 6.01. The Morgan fingerprint density at radius 1 is 0.743 bits per heavy atom. The summed E-state index contributed by atoms with van der Waals surface area (Å²) in [5.74, 6) is 0.133. The Balaban J connectivity index is 1.52. The Morgan fingerprint density at radius 3 is 1.89 bits per heavy atom. The number of alkyl halides is 3. The molecule has 0 spiro atoms. The molecule has 1 aliphatic rings. The first kappa shape index (κ1) is 24.3. The molecular formula is C27H25F3N2O3. The van der Waals surface area contributed by atoms with Gasteiger partial charge in [0.1, 0.15) is 5.75 Å². The van der Waals surface area contributed by atoms with Crippen molar-refractivity contribution >= 4 is 11.8 Å². The Morgan fingerprint density at radius 2 is 1.29 bits per heavy atom. The van der Waals surface area contributed by atoms with E-state index in [1.807, 2.05) is 0 Å². The maximum absolute atomic E-state index is 13.4. The van der Waals surface area contributed by atoms with Gasteiger partial charge in [-0.2, -0.15) is 13.2 Å². The Bertz CT molecular complexity index is 1210. The summed E-state index contributed by atoms with van der Waals surface area (Å²) in [6, 6.07) is 18.7. The van der Waals surface area contributed by atoms with Crippen molar-refractivity contribution in [3.63, 3.8) is 0 Å². The lowest BCUT2D eigenvalue weighted by Gasteiger charge is -2.23. The van der Waals surface area contributed by atoms with Crippen molar-refractivity contribution in [3.8, 4) is 16.9 Å². The molecule has 4 rings (SSSR count). The maximum atomic E-state index is 13.4. The van der Waals surface area contributed by atoms with Crippen LogP contribution in [0.4, 0.5) is 13.2 Å². The number of carbonyl (C=O) groups excluding carboxylic acids is 2. The molecule has 8 heteroatoms. The van der Waals surface area contributed by atoms with E-state index < -0.39 is 11.7 Å². The van der Waals surface area contributed by atoms with E-state index >= 15 is 0 Å². The SMILES string of the molecule is COc1ccccc1C(=O)N1CCCN(C(=O)c2ccccc2-c2ccc(C(F)(F)F)cc2)CC1. The molecule has 0 bridgehead atoms. The van der Waals surface area contributed by atoms with Crippen LogP contribution in [-0.2, 0) is 6.18 Å². The number of amides is 2. The van der Waals surface area contributed by atoms with Crippen molar-refractivity contribution in [2.45, 2.75) is 12.6 Å². The number of hydrogen-bond donors (Lipinski definition) is 0. The number of benzene rings is 3. The zero-order valence-electron chi connectivity index (χ0n) is 19.2. The molecule has 0 atom stereocenters. The molecule has 3 aromatic rings. The normalized spacial score (nSPS) is 14.4. The summed E-state index contributed by atoms with van der Waals surface area (Å²) in [6.07, 6.45) is -3.82. The lowest BCUT2D eigenvalue weighted by Crippen LogP contribution is -2.37. The Labute approximate surface area is 201 Å². The smallest absolute Gasteiger partial charge is 0.416 e. The number of methoxy groups -OCH3 is 1. The third-order valence-electron chi connectivity index (χ3n) is 6.09. The standard InChI is InChI=1S/C27H25F3N2O3/c1-35-24-10-5-4-9-23(24)26(34)32-16-6-15-31(17-18-32)25(33)22-8-3-2-7-21(22)19-11-13-20(14-12-19)27(28,29)30/h2-5,7-14H,6,15-18H2,1H3. The van der Waals surface area contributed by atoms with Gasteiger partial charge in [0.2, 0.25) is 0 Å². The third-order valence-corrected chi connectivity index (χ3v) is 6.09. The van der Waals surface area contributed by atoms with Gasteiger partial charge >= 0.3 is 6.18 Å². The summed E-state index contributed by atoms with van der Waals surface area (Å²) in [6.45, 7) is 1.68. The molecule has 1 heterocycles. The predicted octanol–water partition coefficient (Wildman–Crippen LogP) is 5.37. The quantitative estimate of drug-likeness (QED) is 0.503. The van der Waals surface area contributed by atoms with Crippen LogP contribution in [0.15, 0.2) is 72.8 Å². The summed E-state index contributed by atoms with van der Waals surface area (Å²) >= 11 is 0. The van der Waals surface area contributed by atoms with E-state index in [9.17, 15) is 22.8 Å². The molecular weight excluding hydrogens is 457 g/mol. The minimum atomic E-state index is -4.42. The highest BCUT2D eigenvalue weighted by Gasteiger charge is 2.30. The van der Waals surface area contributed by atoms with Crippen LogP contribution in [0.3, 0.4) is 0 Å². The number of rotatable bonds is 4. The van der Waals surface area contributed by atoms with Gasteiger partial charge in [-0.05, 0) is 47.9 Å². The predicted molar refractivity (Wildman–Crippen MR) is 126 cm³/mol. The summed E-state index contributed by atoms with van der Waals surface area (Å²) in [7, 11) is 1.52. The number of nitrogens with zero attached hydrogens (tertiary/aromatic N) is 2. The van der Waals surface area contributed by atoms with Crippen LogP contribution in [-0.4, -0.2) is 54.9 Å². The summed E-state index contributed by atoms with van der Waals surface area (Å²) in [4.78, 5) is 29.9. The van der Waals surface area contributed by atoms with Gasteiger partial charge in [-0.1, -0.05) is 42.5 Å². The fourth-order valence-electron chi connectivity index (χ4n) is 4.25. The zero-order valence-corrected chi connectivity index (χ0v) is 19.2. The van der Waals surface area contributed by atoms with Crippen LogP contribution >= 0.6 is 0 Å². The van der Waals surface area contributed by atoms with Crippen LogP contribution in [0.1, 0.15) is 32.7 Å². The van der Waals surface area contributed by atoms with Crippen LogP contribution in [0.25, 0.3) is 11.1 Å². The van der Waals surface area contributed by atoms with E-state index in [1.54, 1.807) is 58.3 Å². The van der Waals surface area contributed by atoms with Gasteiger partial charge in [-0.3, -0.25) is 9.59 Å². The first-order chi connectivity index (χ1) is 16.8. The second-order valence-electron chi connectivity index (χ2n) is 8.26. The molecule has 3 aromatic carbocycles. The molecule has 35 heavy (non-hydrogen) atoms. The van der Waals surface area contributed by atoms with Crippen molar-refractivity contribution in [1.82, 2.24) is 9.80 Å². The van der Waals surface area contributed by atoms with Crippen molar-refractivity contribution in [3.05, 3.63) is 89.5 Å². The molecule has 0 N–H and O–H groups in total. The molecule has 5 nitrogen and oxygen atoms in total. The van der Waals surface area contributed by atoms with Crippen LogP contribution in [0.2, 0.25) is 0 Å². The topological polar surface area (TPSA) is 49.9 Å². The average molecular weight is 483 g/mol. The van der Waals surface area contributed by atoms with Gasteiger partial charge < -0.3 is 14.5 Å². The molecule has 1 aliphatic heterocycles. The highest BCUT2D eigenvalue weighted by Crippen LogP contribution is 2.32. The van der Waals surface area contributed by atoms with Gasteiger partial charge in [0.05, 0.1) is 18.2 Å². The minimum absolute atomic E-state index is 0.151. The van der Waals surface area contributed by atoms with E-state index in [0.717, 1.165) is 12.1 Å². The molecule has 0 aromatic heterocycles. The van der Waals surface area contributed by atoms with Crippen LogP contribution in [0.5, 0.6) is 5.75 Å². The van der Waals surface area contributed by atoms with Crippen LogP contribution in [0, 0.1) is 0 Å². The number of hydrogen-bond acceptors (Lipinski definition) is 3. The van der Waals surface area contributed by atoms with Crippen LogP contribution < -0.4 is 4.74 Å². The third kappa shape index (κ3) is 5.31. The largest absolute Gasteiger partial charge is 0.496 e. The second kappa shape index (κ2) is 10.2. The fourth-order valence-corrected chi connectivity index (χ4v) is 4.25. The summed E-state index contributed by atoms with van der Waals surface area (Å²) < 4.78 is 44.2. The van der Waals surface area contributed by atoms with Gasteiger partial charge in [-0.15, -0.1) is 0 Å². The molecule has 2 amide bonds. The number of halogens is 3. The van der Waals surface area contributed by atoms with E-state index in [2.05, 4.69) is 0 Å². The number of ether oxygens (including phenoxy) is 1. The number of carbonyl (C=O) groups is 2. The molecule has 182 valence electrons. The summed E-state index contributed by atoms with van der Waals surface area (Å²) in [5, 5.41) is 0.